The average Bonchev–Trinajstić information content (AvgIpc) is 2.45. The second kappa shape index (κ2) is 14.2. The second-order valence-corrected chi connectivity index (χ2v) is 6.08. The molecule has 0 spiro atoms. The van der Waals surface area contributed by atoms with Crippen molar-refractivity contribution >= 4 is 11.6 Å². The van der Waals surface area contributed by atoms with E-state index < -0.39 is 6.04 Å². The van der Waals surface area contributed by atoms with Crippen molar-refractivity contribution in [2.75, 3.05) is 7.05 Å². The van der Waals surface area contributed by atoms with Gasteiger partial charge in [-0.15, -0.1) is 0 Å². The third-order valence-corrected chi connectivity index (χ3v) is 4.04. The average molecular weight is 297 g/mol. The summed E-state index contributed by atoms with van der Waals surface area (Å²) in [6.45, 7) is 3.72. The van der Waals surface area contributed by atoms with Crippen molar-refractivity contribution in [3.05, 3.63) is 0 Å². The van der Waals surface area contributed by atoms with Gasteiger partial charge in [0, 0.05) is 6.42 Å². The lowest BCUT2D eigenvalue weighted by atomic mass is 10.0. The molecule has 0 bridgehead atoms. The van der Waals surface area contributed by atoms with Crippen LogP contribution >= 0.6 is 0 Å². The largest absolute Gasteiger partial charge is 0.304 e. The van der Waals surface area contributed by atoms with Crippen LogP contribution in [0.1, 0.15) is 90.9 Å². The summed E-state index contributed by atoms with van der Waals surface area (Å²) in [6, 6.07) is -0.590. The van der Waals surface area contributed by atoms with E-state index in [0.29, 0.717) is 6.42 Å². The molecule has 0 amide bonds. The molecular weight excluding hydrogens is 262 g/mol. The first-order valence-electron chi connectivity index (χ1n) is 8.83. The second-order valence-electron chi connectivity index (χ2n) is 6.08. The Labute approximate surface area is 131 Å². The normalized spacial score (nSPS) is 12.3. The molecule has 0 saturated heterocycles. The molecule has 0 aromatic heterocycles. The number of carbonyl (C=O) groups is 2. The number of unbranched alkanes of at least 4 members (excludes halogenated alkanes) is 10. The van der Waals surface area contributed by atoms with Gasteiger partial charge in [0.05, 0.1) is 0 Å². The van der Waals surface area contributed by atoms with Gasteiger partial charge in [-0.25, -0.2) is 0 Å². The molecule has 0 aromatic rings. The fourth-order valence-corrected chi connectivity index (χ4v) is 2.70. The van der Waals surface area contributed by atoms with Gasteiger partial charge >= 0.3 is 0 Å². The number of ketones is 2. The number of likely N-dealkylation sites (N-methyl/N-ethyl adjacent to an activating group) is 1. The summed E-state index contributed by atoms with van der Waals surface area (Å²) in [5.74, 6) is -0.0357. The van der Waals surface area contributed by atoms with E-state index in [2.05, 4.69) is 12.2 Å². The molecule has 0 rings (SSSR count). The molecule has 0 radical (unpaired) electrons. The van der Waals surface area contributed by atoms with E-state index >= 15 is 0 Å². The summed E-state index contributed by atoms with van der Waals surface area (Å²) in [7, 11) is 1.67. The number of rotatable bonds is 15. The van der Waals surface area contributed by atoms with E-state index in [1.807, 2.05) is 0 Å². The zero-order valence-electron chi connectivity index (χ0n) is 14.4. The first-order chi connectivity index (χ1) is 10.1. The van der Waals surface area contributed by atoms with E-state index in [1.54, 1.807) is 7.05 Å². The van der Waals surface area contributed by atoms with Crippen LogP contribution in [0.2, 0.25) is 0 Å². The lowest BCUT2D eigenvalue weighted by Crippen LogP contribution is -2.39. The maximum atomic E-state index is 11.8. The van der Waals surface area contributed by atoms with E-state index in [0.717, 1.165) is 12.8 Å². The predicted octanol–water partition coefficient (Wildman–Crippen LogP) is 4.43. The van der Waals surface area contributed by atoms with Crippen LogP contribution in [0.3, 0.4) is 0 Å². The van der Waals surface area contributed by atoms with Crippen LogP contribution in [0.4, 0.5) is 0 Å². The van der Waals surface area contributed by atoms with Crippen molar-refractivity contribution in [3.63, 3.8) is 0 Å². The number of hydrogen-bond donors (Lipinski definition) is 1. The Balaban J connectivity index is 3.36. The van der Waals surface area contributed by atoms with Gasteiger partial charge in [-0.05, 0) is 20.4 Å². The molecular formula is C18H35NO2. The van der Waals surface area contributed by atoms with Crippen molar-refractivity contribution in [2.24, 2.45) is 0 Å². The van der Waals surface area contributed by atoms with E-state index in [1.165, 1.54) is 64.7 Å². The molecule has 0 heterocycles. The molecule has 0 aliphatic rings. The lowest BCUT2D eigenvalue weighted by molar-refractivity contribution is -0.128. The number of carbonyl (C=O) groups excluding carboxylic acids is 2. The van der Waals surface area contributed by atoms with Crippen molar-refractivity contribution in [3.8, 4) is 0 Å². The molecule has 0 aliphatic heterocycles. The standard InChI is InChI=1S/C18H35NO2/c1-4-5-6-7-8-9-10-11-12-13-14-15-17(21)18(19-3)16(2)20/h18-19H,4-15H2,1-3H3. The molecule has 1 unspecified atom stereocenters. The quantitative estimate of drug-likeness (QED) is 0.359. The molecule has 1 atom stereocenters. The molecule has 3 nitrogen and oxygen atoms in total. The topological polar surface area (TPSA) is 46.2 Å². The Morgan fingerprint density at radius 1 is 0.810 bits per heavy atom. The van der Waals surface area contributed by atoms with Gasteiger partial charge in [-0.1, -0.05) is 71.1 Å². The Morgan fingerprint density at radius 2 is 1.24 bits per heavy atom. The molecule has 0 fully saturated rings. The number of Topliss-reactive ketones (excluding diaryl/α,β-unsaturated/α-hetero) is 2. The smallest absolute Gasteiger partial charge is 0.157 e. The third kappa shape index (κ3) is 11.6. The van der Waals surface area contributed by atoms with Crippen LogP contribution in [0, 0.1) is 0 Å². The SMILES string of the molecule is CCCCCCCCCCCCCC(=O)C(NC)C(C)=O. The van der Waals surface area contributed by atoms with E-state index in [4.69, 9.17) is 0 Å². The minimum Gasteiger partial charge on any atom is -0.304 e. The number of hydrogen-bond acceptors (Lipinski definition) is 3. The van der Waals surface area contributed by atoms with Gasteiger partial charge in [0.25, 0.3) is 0 Å². The van der Waals surface area contributed by atoms with Crippen LogP contribution in [-0.2, 0) is 9.59 Å². The van der Waals surface area contributed by atoms with Crippen molar-refractivity contribution in [1.29, 1.82) is 0 Å². The summed E-state index contributed by atoms with van der Waals surface area (Å²) in [5.41, 5.74) is 0. The Morgan fingerprint density at radius 3 is 1.62 bits per heavy atom. The van der Waals surface area contributed by atoms with Crippen molar-refractivity contribution in [2.45, 2.75) is 96.9 Å². The summed E-state index contributed by atoms with van der Waals surface area (Å²) >= 11 is 0. The Kier molecular flexibility index (Phi) is 13.8. The molecule has 21 heavy (non-hydrogen) atoms. The highest BCUT2D eigenvalue weighted by Crippen LogP contribution is 2.12. The van der Waals surface area contributed by atoms with Crippen molar-refractivity contribution in [1.82, 2.24) is 5.32 Å². The number of nitrogens with one attached hydrogen (secondary N) is 1. The highest BCUT2D eigenvalue weighted by atomic mass is 16.2. The summed E-state index contributed by atoms with van der Waals surface area (Å²) in [4.78, 5) is 23.0. The van der Waals surface area contributed by atoms with E-state index in [9.17, 15) is 9.59 Å². The van der Waals surface area contributed by atoms with Gasteiger partial charge in [0.15, 0.2) is 11.6 Å². The first kappa shape index (κ1) is 20.3. The minimum absolute atomic E-state index is 0.0425. The van der Waals surface area contributed by atoms with Crippen LogP contribution in [0.15, 0.2) is 0 Å². The predicted molar refractivity (Wildman–Crippen MR) is 89.6 cm³/mol. The fraction of sp³-hybridized carbons (Fsp3) is 0.889. The van der Waals surface area contributed by atoms with Gasteiger partial charge in [0.2, 0.25) is 0 Å². The molecule has 0 aliphatic carbocycles. The zero-order valence-corrected chi connectivity index (χ0v) is 14.4. The molecule has 0 saturated carbocycles. The molecule has 3 heteroatoms. The monoisotopic (exact) mass is 297 g/mol. The lowest BCUT2D eigenvalue weighted by Gasteiger charge is -2.10. The molecule has 0 aromatic carbocycles. The third-order valence-electron chi connectivity index (χ3n) is 4.04. The molecule has 1 N–H and O–H groups in total. The van der Waals surface area contributed by atoms with Crippen LogP contribution in [0.25, 0.3) is 0 Å². The van der Waals surface area contributed by atoms with E-state index in [-0.39, 0.29) is 11.6 Å². The van der Waals surface area contributed by atoms with Gasteiger partial charge in [-0.3, -0.25) is 9.59 Å². The Hall–Kier alpha value is -0.700. The van der Waals surface area contributed by atoms with Crippen LogP contribution < -0.4 is 5.32 Å². The van der Waals surface area contributed by atoms with Crippen molar-refractivity contribution < 1.29 is 9.59 Å². The fourth-order valence-electron chi connectivity index (χ4n) is 2.70. The highest BCUT2D eigenvalue weighted by molar-refractivity contribution is 6.05. The molecule has 124 valence electrons. The first-order valence-corrected chi connectivity index (χ1v) is 8.83. The maximum absolute atomic E-state index is 11.8. The maximum Gasteiger partial charge on any atom is 0.157 e. The summed E-state index contributed by atoms with van der Waals surface area (Å²) < 4.78 is 0. The Bertz CT molecular complexity index is 276. The van der Waals surface area contributed by atoms with Crippen LogP contribution in [-0.4, -0.2) is 24.7 Å². The summed E-state index contributed by atoms with van der Waals surface area (Å²) in [5, 5.41) is 2.79. The van der Waals surface area contributed by atoms with Gasteiger partial charge in [0.1, 0.15) is 6.04 Å². The zero-order chi connectivity index (χ0) is 15.9. The highest BCUT2D eigenvalue weighted by Gasteiger charge is 2.19. The van der Waals surface area contributed by atoms with Gasteiger partial charge < -0.3 is 5.32 Å². The summed E-state index contributed by atoms with van der Waals surface area (Å²) in [6.07, 6.45) is 14.6. The van der Waals surface area contributed by atoms with Gasteiger partial charge in [-0.2, -0.15) is 0 Å². The van der Waals surface area contributed by atoms with Crippen LogP contribution in [0.5, 0.6) is 0 Å². The minimum atomic E-state index is -0.590.